The molecule has 0 amide bonds. The fraction of sp³-hybridized carbons (Fsp3) is 0.643. The number of nitrogens with one attached hydrogen (secondary N) is 1. The Hall–Kier alpha value is -1.27. The van der Waals surface area contributed by atoms with E-state index < -0.39 is 0 Å². The molecular formula is C14H22N4OS. The molecule has 0 aliphatic rings. The molecule has 0 saturated carbocycles. The average Bonchev–Trinajstić information content (AvgIpc) is 3.05. The van der Waals surface area contributed by atoms with Crippen molar-refractivity contribution >= 4 is 11.3 Å². The standard InChI is InChI=1S/C14H22N4OS/c1-4-5-16-11(6-10(2)3)7-13-17-14(18-19-13)12-8-15-9-20-12/h8-11,16H,4-7H2,1-3H3. The molecule has 0 saturated heterocycles. The molecule has 0 fully saturated rings. The van der Waals surface area contributed by atoms with E-state index in [1.807, 2.05) is 0 Å². The molecular weight excluding hydrogens is 272 g/mol. The van der Waals surface area contributed by atoms with Crippen LogP contribution in [0.25, 0.3) is 10.7 Å². The third-order valence-corrected chi connectivity index (χ3v) is 3.75. The van der Waals surface area contributed by atoms with Crippen LogP contribution in [0.5, 0.6) is 0 Å². The molecule has 5 nitrogen and oxygen atoms in total. The number of hydrogen-bond acceptors (Lipinski definition) is 6. The molecule has 20 heavy (non-hydrogen) atoms. The monoisotopic (exact) mass is 294 g/mol. The van der Waals surface area contributed by atoms with Crippen molar-refractivity contribution in [3.63, 3.8) is 0 Å². The van der Waals surface area contributed by atoms with Crippen LogP contribution in [0.3, 0.4) is 0 Å². The maximum absolute atomic E-state index is 5.36. The Morgan fingerprint density at radius 3 is 2.90 bits per heavy atom. The first-order valence-electron chi connectivity index (χ1n) is 7.13. The summed E-state index contributed by atoms with van der Waals surface area (Å²) in [5, 5.41) is 7.58. The molecule has 2 aromatic rings. The highest BCUT2D eigenvalue weighted by Gasteiger charge is 2.16. The largest absolute Gasteiger partial charge is 0.339 e. The van der Waals surface area contributed by atoms with Gasteiger partial charge in [-0.15, -0.1) is 11.3 Å². The summed E-state index contributed by atoms with van der Waals surface area (Å²) in [7, 11) is 0. The second-order valence-electron chi connectivity index (χ2n) is 5.36. The van der Waals surface area contributed by atoms with Gasteiger partial charge in [-0.05, 0) is 25.3 Å². The molecule has 6 heteroatoms. The van der Waals surface area contributed by atoms with Crippen LogP contribution in [0, 0.1) is 5.92 Å². The number of rotatable bonds is 8. The Bertz CT molecular complexity index is 495. The first-order chi connectivity index (χ1) is 9.69. The van der Waals surface area contributed by atoms with E-state index in [-0.39, 0.29) is 0 Å². The number of aromatic nitrogens is 3. The number of hydrogen-bond donors (Lipinski definition) is 1. The topological polar surface area (TPSA) is 63.8 Å². The Labute approximate surface area is 123 Å². The summed E-state index contributed by atoms with van der Waals surface area (Å²) in [5.74, 6) is 1.98. The SMILES string of the molecule is CCCNC(Cc1nc(-c2cncs2)no1)CC(C)C. The van der Waals surface area contributed by atoms with E-state index in [1.54, 1.807) is 11.7 Å². The highest BCUT2D eigenvalue weighted by Crippen LogP contribution is 2.20. The summed E-state index contributed by atoms with van der Waals surface area (Å²) in [6.45, 7) is 7.66. The third-order valence-electron chi connectivity index (χ3n) is 2.98. The lowest BCUT2D eigenvalue weighted by Gasteiger charge is -2.18. The van der Waals surface area contributed by atoms with Crippen molar-refractivity contribution < 1.29 is 4.52 Å². The normalized spacial score (nSPS) is 13.0. The first kappa shape index (κ1) is 15.1. The molecule has 0 aromatic carbocycles. The average molecular weight is 294 g/mol. The molecule has 1 atom stereocenters. The minimum absolute atomic E-state index is 0.393. The molecule has 0 spiro atoms. The Balaban J connectivity index is 1.99. The molecule has 2 rings (SSSR count). The zero-order valence-corrected chi connectivity index (χ0v) is 13.1. The van der Waals surface area contributed by atoms with Crippen LogP contribution in [-0.4, -0.2) is 27.7 Å². The van der Waals surface area contributed by atoms with Gasteiger partial charge in [0, 0.05) is 18.7 Å². The Morgan fingerprint density at radius 2 is 2.25 bits per heavy atom. The van der Waals surface area contributed by atoms with E-state index in [0.29, 0.717) is 23.7 Å². The van der Waals surface area contributed by atoms with Crippen molar-refractivity contribution in [2.75, 3.05) is 6.54 Å². The molecule has 1 unspecified atom stereocenters. The van der Waals surface area contributed by atoms with E-state index in [9.17, 15) is 0 Å². The zero-order chi connectivity index (χ0) is 14.4. The predicted octanol–water partition coefficient (Wildman–Crippen LogP) is 3.15. The lowest BCUT2D eigenvalue weighted by Crippen LogP contribution is -2.33. The first-order valence-corrected chi connectivity index (χ1v) is 8.01. The van der Waals surface area contributed by atoms with Gasteiger partial charge < -0.3 is 9.84 Å². The van der Waals surface area contributed by atoms with E-state index in [4.69, 9.17) is 4.52 Å². The Morgan fingerprint density at radius 1 is 1.40 bits per heavy atom. The minimum Gasteiger partial charge on any atom is -0.339 e. The van der Waals surface area contributed by atoms with Gasteiger partial charge in [0.1, 0.15) is 0 Å². The van der Waals surface area contributed by atoms with Crippen molar-refractivity contribution in [1.29, 1.82) is 0 Å². The summed E-state index contributed by atoms with van der Waals surface area (Å²) in [6, 6.07) is 0.393. The summed E-state index contributed by atoms with van der Waals surface area (Å²) < 4.78 is 5.36. The van der Waals surface area contributed by atoms with Crippen LogP contribution in [0.4, 0.5) is 0 Å². The smallest absolute Gasteiger partial charge is 0.228 e. The van der Waals surface area contributed by atoms with Crippen LogP contribution >= 0.6 is 11.3 Å². The van der Waals surface area contributed by atoms with Gasteiger partial charge in [0.2, 0.25) is 11.7 Å². The molecule has 110 valence electrons. The molecule has 2 aromatic heterocycles. The summed E-state index contributed by atoms with van der Waals surface area (Å²) in [6.07, 6.45) is 4.78. The highest BCUT2D eigenvalue weighted by molar-refractivity contribution is 7.13. The van der Waals surface area contributed by atoms with Crippen molar-refractivity contribution in [2.24, 2.45) is 5.92 Å². The van der Waals surface area contributed by atoms with E-state index in [0.717, 1.165) is 30.7 Å². The van der Waals surface area contributed by atoms with Gasteiger partial charge in [0.05, 0.1) is 10.4 Å². The molecule has 1 N–H and O–H groups in total. The van der Waals surface area contributed by atoms with Gasteiger partial charge in [0.15, 0.2) is 0 Å². The van der Waals surface area contributed by atoms with Crippen LogP contribution in [0.2, 0.25) is 0 Å². The van der Waals surface area contributed by atoms with Gasteiger partial charge in [0.25, 0.3) is 0 Å². The van der Waals surface area contributed by atoms with Gasteiger partial charge in [-0.25, -0.2) is 0 Å². The van der Waals surface area contributed by atoms with E-state index in [1.165, 1.54) is 11.3 Å². The van der Waals surface area contributed by atoms with Gasteiger partial charge in [-0.2, -0.15) is 4.98 Å². The quantitative estimate of drug-likeness (QED) is 0.810. The predicted molar refractivity (Wildman–Crippen MR) is 80.6 cm³/mol. The Kier molecular flexibility index (Phi) is 5.67. The molecule has 0 bridgehead atoms. The van der Waals surface area contributed by atoms with Crippen LogP contribution in [0.15, 0.2) is 16.2 Å². The summed E-state index contributed by atoms with van der Waals surface area (Å²) >= 11 is 1.52. The lowest BCUT2D eigenvalue weighted by atomic mass is 10.0. The summed E-state index contributed by atoms with van der Waals surface area (Å²) in [4.78, 5) is 9.44. The highest BCUT2D eigenvalue weighted by atomic mass is 32.1. The van der Waals surface area contributed by atoms with Crippen LogP contribution in [0.1, 0.15) is 39.5 Å². The molecule has 0 aliphatic heterocycles. The van der Waals surface area contributed by atoms with Gasteiger partial charge >= 0.3 is 0 Å². The maximum Gasteiger partial charge on any atom is 0.228 e. The molecule has 2 heterocycles. The fourth-order valence-corrected chi connectivity index (χ4v) is 2.68. The van der Waals surface area contributed by atoms with Gasteiger partial charge in [-0.3, -0.25) is 4.98 Å². The molecule has 0 aliphatic carbocycles. The third kappa shape index (κ3) is 4.38. The second kappa shape index (κ2) is 7.50. The maximum atomic E-state index is 5.36. The van der Waals surface area contributed by atoms with Crippen molar-refractivity contribution in [1.82, 2.24) is 20.4 Å². The van der Waals surface area contributed by atoms with Crippen LogP contribution in [-0.2, 0) is 6.42 Å². The number of nitrogens with zero attached hydrogens (tertiary/aromatic N) is 3. The fourth-order valence-electron chi connectivity index (χ4n) is 2.13. The van der Waals surface area contributed by atoms with E-state index >= 15 is 0 Å². The van der Waals surface area contributed by atoms with Crippen LogP contribution < -0.4 is 5.32 Å². The number of thiazole rings is 1. The minimum atomic E-state index is 0.393. The summed E-state index contributed by atoms with van der Waals surface area (Å²) in [5.41, 5.74) is 1.77. The molecule has 0 radical (unpaired) electrons. The van der Waals surface area contributed by atoms with E-state index in [2.05, 4.69) is 41.2 Å². The second-order valence-corrected chi connectivity index (χ2v) is 6.25. The van der Waals surface area contributed by atoms with Gasteiger partial charge in [-0.1, -0.05) is 25.9 Å². The van der Waals surface area contributed by atoms with Crippen molar-refractivity contribution in [3.8, 4) is 10.7 Å². The zero-order valence-electron chi connectivity index (χ0n) is 12.3. The van der Waals surface area contributed by atoms with Crippen molar-refractivity contribution in [3.05, 3.63) is 17.6 Å². The lowest BCUT2D eigenvalue weighted by molar-refractivity contribution is 0.338. The van der Waals surface area contributed by atoms with Crippen molar-refractivity contribution in [2.45, 2.75) is 46.1 Å².